The molecule has 0 bridgehead atoms. The molecule has 0 aromatic carbocycles. The van der Waals surface area contributed by atoms with Crippen molar-refractivity contribution >= 4 is 0 Å². The minimum atomic E-state index is -0.106. The lowest BCUT2D eigenvalue weighted by molar-refractivity contribution is 0.0644. The van der Waals surface area contributed by atoms with Crippen molar-refractivity contribution in [3.05, 3.63) is 11.6 Å². The SMILES string of the molecule is CCC1=CC(C)C(O)C(CC)C1. The molecule has 1 aliphatic rings. The summed E-state index contributed by atoms with van der Waals surface area (Å²) >= 11 is 0. The van der Waals surface area contributed by atoms with Gasteiger partial charge in [-0.1, -0.05) is 38.8 Å². The molecule has 0 aromatic heterocycles. The number of hydrogen-bond acceptors (Lipinski definition) is 1. The molecule has 1 N–H and O–H groups in total. The molecule has 0 heterocycles. The molecule has 1 nitrogen and oxygen atoms in total. The third kappa shape index (κ3) is 1.89. The van der Waals surface area contributed by atoms with Gasteiger partial charge in [-0.15, -0.1) is 0 Å². The van der Waals surface area contributed by atoms with Crippen molar-refractivity contribution in [2.24, 2.45) is 11.8 Å². The van der Waals surface area contributed by atoms with Gasteiger partial charge in [-0.25, -0.2) is 0 Å². The van der Waals surface area contributed by atoms with Crippen LogP contribution in [-0.2, 0) is 0 Å². The van der Waals surface area contributed by atoms with Crippen LogP contribution in [0.3, 0.4) is 0 Å². The van der Waals surface area contributed by atoms with E-state index in [2.05, 4.69) is 26.8 Å². The lowest BCUT2D eigenvalue weighted by Crippen LogP contribution is -2.30. The largest absolute Gasteiger partial charge is 0.392 e. The van der Waals surface area contributed by atoms with E-state index < -0.39 is 0 Å². The summed E-state index contributed by atoms with van der Waals surface area (Å²) in [7, 11) is 0. The highest BCUT2D eigenvalue weighted by atomic mass is 16.3. The number of aliphatic hydroxyl groups is 1. The second-order valence-electron chi connectivity index (χ2n) is 3.90. The summed E-state index contributed by atoms with van der Waals surface area (Å²) in [5.41, 5.74) is 1.53. The molecule has 0 aliphatic heterocycles. The van der Waals surface area contributed by atoms with Gasteiger partial charge < -0.3 is 5.11 Å². The monoisotopic (exact) mass is 168 g/mol. The van der Waals surface area contributed by atoms with Crippen LogP contribution in [0.2, 0.25) is 0 Å². The van der Waals surface area contributed by atoms with Gasteiger partial charge in [0, 0.05) is 5.92 Å². The summed E-state index contributed by atoms with van der Waals surface area (Å²) in [6.07, 6.45) is 5.50. The normalized spacial score (nSPS) is 36.3. The minimum absolute atomic E-state index is 0.106. The summed E-state index contributed by atoms with van der Waals surface area (Å²) in [6, 6.07) is 0. The quantitative estimate of drug-likeness (QED) is 0.629. The molecule has 0 spiro atoms. The van der Waals surface area contributed by atoms with E-state index in [1.54, 1.807) is 0 Å². The molecular formula is C11H20O. The minimum Gasteiger partial charge on any atom is -0.392 e. The molecule has 1 rings (SSSR count). The Labute approximate surface area is 75.5 Å². The van der Waals surface area contributed by atoms with Crippen molar-refractivity contribution in [3.63, 3.8) is 0 Å². The van der Waals surface area contributed by atoms with E-state index in [0.29, 0.717) is 11.8 Å². The average Bonchev–Trinajstić information content (AvgIpc) is 2.09. The van der Waals surface area contributed by atoms with Crippen LogP contribution in [0.1, 0.15) is 40.0 Å². The van der Waals surface area contributed by atoms with E-state index in [-0.39, 0.29) is 6.10 Å². The van der Waals surface area contributed by atoms with Gasteiger partial charge in [0.05, 0.1) is 6.10 Å². The van der Waals surface area contributed by atoms with Crippen LogP contribution in [0.5, 0.6) is 0 Å². The van der Waals surface area contributed by atoms with Gasteiger partial charge in [0.15, 0.2) is 0 Å². The molecular weight excluding hydrogens is 148 g/mol. The smallest absolute Gasteiger partial charge is 0.0631 e. The Morgan fingerprint density at radius 2 is 2.17 bits per heavy atom. The molecule has 3 unspecified atom stereocenters. The fourth-order valence-corrected chi connectivity index (χ4v) is 2.07. The molecule has 0 radical (unpaired) electrons. The van der Waals surface area contributed by atoms with E-state index in [1.807, 2.05) is 0 Å². The third-order valence-corrected chi connectivity index (χ3v) is 3.02. The number of allylic oxidation sites excluding steroid dienone is 1. The van der Waals surface area contributed by atoms with Crippen molar-refractivity contribution in [1.29, 1.82) is 0 Å². The summed E-state index contributed by atoms with van der Waals surface area (Å²) in [6.45, 7) is 6.48. The zero-order chi connectivity index (χ0) is 9.14. The number of hydrogen-bond donors (Lipinski definition) is 1. The molecule has 3 atom stereocenters. The summed E-state index contributed by atoms with van der Waals surface area (Å²) in [5, 5.41) is 9.81. The second kappa shape index (κ2) is 4.08. The maximum Gasteiger partial charge on any atom is 0.0631 e. The van der Waals surface area contributed by atoms with Crippen LogP contribution in [0.15, 0.2) is 11.6 Å². The van der Waals surface area contributed by atoms with Crippen LogP contribution in [0.4, 0.5) is 0 Å². The van der Waals surface area contributed by atoms with Crippen LogP contribution in [0, 0.1) is 11.8 Å². The van der Waals surface area contributed by atoms with Crippen molar-refractivity contribution in [2.75, 3.05) is 0 Å². The molecule has 1 heteroatoms. The third-order valence-electron chi connectivity index (χ3n) is 3.02. The maximum atomic E-state index is 9.81. The van der Waals surface area contributed by atoms with Gasteiger partial charge in [0.2, 0.25) is 0 Å². The first-order chi connectivity index (χ1) is 5.69. The van der Waals surface area contributed by atoms with Crippen LogP contribution >= 0.6 is 0 Å². The van der Waals surface area contributed by atoms with Gasteiger partial charge in [-0.3, -0.25) is 0 Å². The predicted octanol–water partition coefficient (Wildman–Crippen LogP) is 2.75. The number of rotatable bonds is 2. The predicted molar refractivity (Wildman–Crippen MR) is 51.9 cm³/mol. The zero-order valence-corrected chi connectivity index (χ0v) is 8.38. The van der Waals surface area contributed by atoms with Gasteiger partial charge in [0.25, 0.3) is 0 Å². The van der Waals surface area contributed by atoms with Gasteiger partial charge in [0.1, 0.15) is 0 Å². The molecule has 12 heavy (non-hydrogen) atoms. The average molecular weight is 168 g/mol. The highest BCUT2D eigenvalue weighted by molar-refractivity contribution is 5.11. The first-order valence-electron chi connectivity index (χ1n) is 5.06. The van der Waals surface area contributed by atoms with E-state index in [4.69, 9.17) is 0 Å². The van der Waals surface area contributed by atoms with Crippen molar-refractivity contribution in [1.82, 2.24) is 0 Å². The maximum absolute atomic E-state index is 9.81. The van der Waals surface area contributed by atoms with Crippen molar-refractivity contribution in [2.45, 2.75) is 46.1 Å². The topological polar surface area (TPSA) is 20.2 Å². The lowest BCUT2D eigenvalue weighted by atomic mass is 9.78. The highest BCUT2D eigenvalue weighted by Crippen LogP contribution is 2.31. The molecule has 0 saturated carbocycles. The first kappa shape index (κ1) is 9.79. The first-order valence-corrected chi connectivity index (χ1v) is 5.06. The summed E-state index contributed by atoms with van der Waals surface area (Å²) in [5.74, 6) is 0.860. The Morgan fingerprint density at radius 3 is 2.67 bits per heavy atom. The molecule has 1 aliphatic carbocycles. The zero-order valence-electron chi connectivity index (χ0n) is 8.38. The van der Waals surface area contributed by atoms with Crippen LogP contribution < -0.4 is 0 Å². The van der Waals surface area contributed by atoms with E-state index >= 15 is 0 Å². The summed E-state index contributed by atoms with van der Waals surface area (Å²) < 4.78 is 0. The summed E-state index contributed by atoms with van der Waals surface area (Å²) in [4.78, 5) is 0. The van der Waals surface area contributed by atoms with Crippen molar-refractivity contribution < 1.29 is 5.11 Å². The Hall–Kier alpha value is -0.300. The van der Waals surface area contributed by atoms with Crippen LogP contribution in [-0.4, -0.2) is 11.2 Å². The molecule has 0 amide bonds. The fraction of sp³-hybridized carbons (Fsp3) is 0.818. The van der Waals surface area contributed by atoms with E-state index in [1.165, 1.54) is 5.57 Å². The highest BCUT2D eigenvalue weighted by Gasteiger charge is 2.26. The fourth-order valence-electron chi connectivity index (χ4n) is 2.07. The Morgan fingerprint density at radius 1 is 1.50 bits per heavy atom. The van der Waals surface area contributed by atoms with E-state index in [0.717, 1.165) is 19.3 Å². The van der Waals surface area contributed by atoms with Crippen LogP contribution in [0.25, 0.3) is 0 Å². The van der Waals surface area contributed by atoms with Gasteiger partial charge in [-0.2, -0.15) is 0 Å². The van der Waals surface area contributed by atoms with Gasteiger partial charge >= 0.3 is 0 Å². The Bertz CT molecular complexity index is 172. The lowest BCUT2D eigenvalue weighted by Gasteiger charge is -2.31. The Kier molecular flexibility index (Phi) is 3.33. The van der Waals surface area contributed by atoms with E-state index in [9.17, 15) is 5.11 Å². The molecule has 0 fully saturated rings. The second-order valence-corrected chi connectivity index (χ2v) is 3.90. The van der Waals surface area contributed by atoms with Gasteiger partial charge in [-0.05, 0) is 18.8 Å². The number of aliphatic hydroxyl groups excluding tert-OH is 1. The molecule has 0 aromatic rings. The van der Waals surface area contributed by atoms with Crippen molar-refractivity contribution in [3.8, 4) is 0 Å². The Balaban J connectivity index is 2.68. The molecule has 0 saturated heterocycles. The molecule has 70 valence electrons. The standard InChI is InChI=1S/C11H20O/c1-4-9-6-8(3)11(12)10(5-2)7-9/h6,8,10-12H,4-5,7H2,1-3H3.